The largest absolute Gasteiger partial charge is 0.467 e. The minimum Gasteiger partial charge on any atom is -0.467 e. The average molecular weight is 356 g/mol. The molecule has 0 spiro atoms. The molecule has 130 valence electrons. The number of aromatic nitrogens is 1. The molecule has 1 amide bonds. The molecular weight excluding hydrogens is 334 g/mol. The highest BCUT2D eigenvalue weighted by atomic mass is 32.1. The van der Waals surface area contributed by atoms with E-state index in [0.717, 1.165) is 37.2 Å². The Kier molecular flexibility index (Phi) is 4.81. The van der Waals surface area contributed by atoms with Gasteiger partial charge in [-0.2, -0.15) is 0 Å². The van der Waals surface area contributed by atoms with E-state index in [1.807, 2.05) is 18.2 Å². The lowest BCUT2D eigenvalue weighted by atomic mass is 9.99. The number of amides is 1. The number of fused-ring (bicyclic) bond motifs is 1. The van der Waals surface area contributed by atoms with Crippen molar-refractivity contribution in [3.63, 3.8) is 0 Å². The number of hydrogen-bond donors (Lipinski definition) is 2. The molecule has 0 saturated carbocycles. The summed E-state index contributed by atoms with van der Waals surface area (Å²) in [6.45, 7) is 3.01. The third-order valence-electron chi connectivity index (χ3n) is 4.73. The first kappa shape index (κ1) is 16.3. The van der Waals surface area contributed by atoms with Crippen LogP contribution in [0, 0.1) is 0 Å². The van der Waals surface area contributed by atoms with Crippen LogP contribution in [0.5, 0.6) is 0 Å². The molecule has 2 N–H and O–H groups in total. The van der Waals surface area contributed by atoms with Gasteiger partial charge in [-0.05, 0) is 37.1 Å². The van der Waals surface area contributed by atoms with E-state index in [-0.39, 0.29) is 5.91 Å². The monoisotopic (exact) mass is 356 g/mol. The van der Waals surface area contributed by atoms with Crippen LogP contribution in [0.4, 0.5) is 0 Å². The van der Waals surface area contributed by atoms with Gasteiger partial charge < -0.3 is 14.6 Å². The predicted octanol–water partition coefficient (Wildman–Crippen LogP) is 1.97. The number of likely N-dealkylation sites (tertiary alicyclic amines) is 1. The Labute approximate surface area is 150 Å². The first-order valence-electron chi connectivity index (χ1n) is 8.76. The molecule has 25 heavy (non-hydrogen) atoms. The molecule has 1 fully saturated rings. The fraction of sp³-hybridized carbons (Fsp3) is 0.368. The van der Waals surface area contributed by atoms with Crippen LogP contribution in [0.3, 0.4) is 0 Å². The summed E-state index contributed by atoms with van der Waals surface area (Å²) in [6.07, 6.45) is 3.93. The van der Waals surface area contributed by atoms with Crippen molar-refractivity contribution < 1.29 is 14.1 Å². The second-order valence-corrected chi connectivity index (χ2v) is 7.66. The lowest BCUT2D eigenvalue weighted by molar-refractivity contribution is -0.898. The van der Waals surface area contributed by atoms with Gasteiger partial charge in [-0.1, -0.05) is 12.1 Å². The zero-order valence-corrected chi connectivity index (χ0v) is 14.8. The number of nitrogens with one attached hydrogen (secondary N) is 2. The van der Waals surface area contributed by atoms with Crippen molar-refractivity contribution in [1.82, 2.24) is 10.3 Å². The zero-order chi connectivity index (χ0) is 17.1. The molecule has 2 atom stereocenters. The molecule has 4 rings (SSSR count). The van der Waals surface area contributed by atoms with Crippen LogP contribution in [-0.4, -0.2) is 30.5 Å². The van der Waals surface area contributed by atoms with Crippen molar-refractivity contribution in [3.8, 4) is 0 Å². The normalized spacial score (nSPS) is 20.6. The van der Waals surface area contributed by atoms with Crippen LogP contribution >= 0.6 is 11.3 Å². The Bertz CT molecular complexity index is 810. The summed E-state index contributed by atoms with van der Waals surface area (Å²) in [5, 5.41) is 4.16. The Hall–Kier alpha value is -2.18. The number of furan rings is 1. The van der Waals surface area contributed by atoms with Gasteiger partial charge in [-0.15, -0.1) is 11.3 Å². The van der Waals surface area contributed by atoms with Gasteiger partial charge in [-0.25, -0.2) is 4.98 Å². The van der Waals surface area contributed by atoms with Crippen LogP contribution in [0.2, 0.25) is 0 Å². The summed E-state index contributed by atoms with van der Waals surface area (Å²) in [7, 11) is 0. The molecule has 3 heterocycles. The van der Waals surface area contributed by atoms with Crippen molar-refractivity contribution in [3.05, 3.63) is 53.4 Å². The Morgan fingerprint density at radius 3 is 3.08 bits per heavy atom. The minimum atomic E-state index is 0.0800. The van der Waals surface area contributed by atoms with Gasteiger partial charge in [0, 0.05) is 0 Å². The average Bonchev–Trinajstić information content (AvgIpc) is 3.29. The number of para-hydroxylation sites is 1. The molecule has 0 bridgehead atoms. The van der Waals surface area contributed by atoms with Gasteiger partial charge in [0.05, 0.1) is 42.0 Å². The van der Waals surface area contributed by atoms with E-state index < -0.39 is 0 Å². The SMILES string of the molecule is O=C(C[NH+]1CCC[C@@H](c2nc3ccccc3s2)C1)NCc1ccco1. The number of thiazole rings is 1. The van der Waals surface area contributed by atoms with Crippen molar-refractivity contribution in [1.29, 1.82) is 0 Å². The van der Waals surface area contributed by atoms with Crippen molar-refractivity contribution >= 4 is 27.5 Å². The standard InChI is InChI=1S/C19H21N3O2S/c23-18(20-11-15-6-4-10-24-15)13-22-9-3-5-14(12-22)19-21-16-7-1-2-8-17(16)25-19/h1-2,4,6-8,10,14H,3,5,9,11-13H2,(H,20,23)/p+1/t14-/m1/s1. The third-order valence-corrected chi connectivity index (χ3v) is 5.93. The Morgan fingerprint density at radius 1 is 1.32 bits per heavy atom. The summed E-state index contributed by atoms with van der Waals surface area (Å²) in [6, 6.07) is 12.0. The number of benzene rings is 1. The molecule has 2 aromatic heterocycles. The maximum absolute atomic E-state index is 12.2. The van der Waals surface area contributed by atoms with Gasteiger partial charge >= 0.3 is 0 Å². The second-order valence-electron chi connectivity index (χ2n) is 6.60. The number of carbonyl (C=O) groups excluding carboxylic acids is 1. The molecule has 1 aliphatic rings. The van der Waals surface area contributed by atoms with Crippen molar-refractivity contribution in [2.24, 2.45) is 0 Å². The zero-order valence-electron chi connectivity index (χ0n) is 14.0. The maximum Gasteiger partial charge on any atom is 0.275 e. The van der Waals surface area contributed by atoms with E-state index in [1.54, 1.807) is 17.6 Å². The van der Waals surface area contributed by atoms with E-state index in [0.29, 0.717) is 19.0 Å². The van der Waals surface area contributed by atoms with Crippen molar-refractivity contribution in [2.45, 2.75) is 25.3 Å². The van der Waals surface area contributed by atoms with Gasteiger partial charge in [0.15, 0.2) is 6.54 Å². The topological polar surface area (TPSA) is 59.6 Å². The highest BCUT2D eigenvalue weighted by molar-refractivity contribution is 7.18. The van der Waals surface area contributed by atoms with Crippen LogP contribution in [0.15, 0.2) is 47.1 Å². The first-order chi connectivity index (χ1) is 12.3. The van der Waals surface area contributed by atoms with E-state index in [2.05, 4.69) is 23.5 Å². The van der Waals surface area contributed by atoms with Gasteiger partial charge in [0.25, 0.3) is 5.91 Å². The molecule has 1 aliphatic heterocycles. The second kappa shape index (κ2) is 7.37. The van der Waals surface area contributed by atoms with Gasteiger partial charge in [-0.3, -0.25) is 4.79 Å². The third kappa shape index (κ3) is 3.91. The van der Waals surface area contributed by atoms with E-state index in [9.17, 15) is 4.79 Å². The van der Waals surface area contributed by atoms with E-state index in [4.69, 9.17) is 9.40 Å². The molecule has 5 nitrogen and oxygen atoms in total. The van der Waals surface area contributed by atoms with Gasteiger partial charge in [0.2, 0.25) is 0 Å². The fourth-order valence-corrected chi connectivity index (χ4v) is 4.58. The number of rotatable bonds is 5. The first-order valence-corrected chi connectivity index (χ1v) is 9.58. The van der Waals surface area contributed by atoms with Crippen molar-refractivity contribution in [2.75, 3.05) is 19.6 Å². The van der Waals surface area contributed by atoms with E-state index >= 15 is 0 Å². The minimum absolute atomic E-state index is 0.0800. The summed E-state index contributed by atoms with van der Waals surface area (Å²) in [5.74, 6) is 1.32. The lowest BCUT2D eigenvalue weighted by Gasteiger charge is -2.28. The number of piperidine rings is 1. The Balaban J connectivity index is 1.34. The summed E-state index contributed by atoms with van der Waals surface area (Å²) < 4.78 is 6.50. The smallest absolute Gasteiger partial charge is 0.275 e. The number of nitrogens with zero attached hydrogens (tertiary/aromatic N) is 1. The highest BCUT2D eigenvalue weighted by Gasteiger charge is 2.28. The van der Waals surface area contributed by atoms with Crippen LogP contribution < -0.4 is 10.2 Å². The number of carbonyl (C=O) groups is 1. The predicted molar refractivity (Wildman–Crippen MR) is 97.7 cm³/mol. The van der Waals surface area contributed by atoms with Crippen LogP contribution in [0.25, 0.3) is 10.2 Å². The number of quaternary nitrogens is 1. The van der Waals surface area contributed by atoms with Crippen LogP contribution in [-0.2, 0) is 11.3 Å². The number of hydrogen-bond acceptors (Lipinski definition) is 4. The molecule has 1 aromatic carbocycles. The molecule has 0 aliphatic carbocycles. The molecule has 1 unspecified atom stereocenters. The summed E-state index contributed by atoms with van der Waals surface area (Å²) >= 11 is 1.80. The Morgan fingerprint density at radius 2 is 2.24 bits per heavy atom. The maximum atomic E-state index is 12.2. The molecule has 0 radical (unpaired) electrons. The molecule has 3 aromatic rings. The lowest BCUT2D eigenvalue weighted by Crippen LogP contribution is -3.14. The fourth-order valence-electron chi connectivity index (χ4n) is 3.48. The quantitative estimate of drug-likeness (QED) is 0.735. The summed E-state index contributed by atoms with van der Waals surface area (Å²) in [5.41, 5.74) is 1.09. The summed E-state index contributed by atoms with van der Waals surface area (Å²) in [4.78, 5) is 18.4. The molecule has 1 saturated heterocycles. The van der Waals surface area contributed by atoms with Crippen LogP contribution in [0.1, 0.15) is 29.5 Å². The van der Waals surface area contributed by atoms with E-state index in [1.165, 1.54) is 14.6 Å². The molecular formula is C19H22N3O2S+. The molecule has 6 heteroatoms. The highest BCUT2D eigenvalue weighted by Crippen LogP contribution is 2.30. The van der Waals surface area contributed by atoms with Gasteiger partial charge in [0.1, 0.15) is 10.8 Å².